The van der Waals surface area contributed by atoms with Crippen molar-refractivity contribution in [3.05, 3.63) is 113 Å². The van der Waals surface area contributed by atoms with E-state index in [1.54, 1.807) is 55.6 Å². The van der Waals surface area contributed by atoms with E-state index in [4.69, 9.17) is 21.1 Å². The van der Waals surface area contributed by atoms with Crippen LogP contribution in [0.15, 0.2) is 102 Å². The van der Waals surface area contributed by atoms with Crippen LogP contribution in [-0.2, 0) is 4.79 Å². The van der Waals surface area contributed by atoms with E-state index < -0.39 is 5.25 Å². The van der Waals surface area contributed by atoms with Gasteiger partial charge in [-0.25, -0.2) is 0 Å². The Labute approximate surface area is 225 Å². The monoisotopic (exact) mass is 532 g/mol. The molecule has 0 bridgehead atoms. The number of benzene rings is 4. The molecule has 0 spiro atoms. The zero-order chi connectivity index (χ0) is 26.2. The number of hydrogen-bond donors (Lipinski definition) is 2. The highest BCUT2D eigenvalue weighted by Crippen LogP contribution is 2.37. The van der Waals surface area contributed by atoms with Crippen LogP contribution in [-0.4, -0.2) is 26.0 Å². The first kappa shape index (κ1) is 26.1. The molecule has 0 aromatic heterocycles. The molecule has 4 aromatic carbocycles. The lowest BCUT2D eigenvalue weighted by atomic mass is 10.1. The molecule has 37 heavy (non-hydrogen) atoms. The summed E-state index contributed by atoms with van der Waals surface area (Å²) in [5.41, 5.74) is 2.51. The number of ether oxygens (including phenoxy) is 2. The van der Waals surface area contributed by atoms with Crippen LogP contribution in [0.5, 0.6) is 11.5 Å². The molecule has 0 aliphatic rings. The predicted octanol–water partition coefficient (Wildman–Crippen LogP) is 7.08. The molecule has 1 unspecified atom stereocenters. The van der Waals surface area contributed by atoms with Crippen molar-refractivity contribution < 1.29 is 19.1 Å². The molecular weight excluding hydrogens is 508 g/mol. The highest BCUT2D eigenvalue weighted by molar-refractivity contribution is 8.00. The van der Waals surface area contributed by atoms with Crippen molar-refractivity contribution >= 4 is 46.6 Å². The second-order valence-corrected chi connectivity index (χ2v) is 9.57. The van der Waals surface area contributed by atoms with E-state index in [9.17, 15) is 9.59 Å². The van der Waals surface area contributed by atoms with Gasteiger partial charge < -0.3 is 20.1 Å². The van der Waals surface area contributed by atoms with Gasteiger partial charge >= 0.3 is 0 Å². The maximum absolute atomic E-state index is 13.3. The van der Waals surface area contributed by atoms with Gasteiger partial charge in [0.1, 0.15) is 5.25 Å². The summed E-state index contributed by atoms with van der Waals surface area (Å²) in [5.74, 6) is 0.538. The van der Waals surface area contributed by atoms with Crippen molar-refractivity contribution in [3.63, 3.8) is 0 Å². The van der Waals surface area contributed by atoms with Crippen LogP contribution in [0.4, 0.5) is 11.4 Å². The maximum Gasteiger partial charge on any atom is 0.255 e. The second kappa shape index (κ2) is 12.3. The van der Waals surface area contributed by atoms with Crippen LogP contribution < -0.4 is 20.1 Å². The fraction of sp³-hybridized carbons (Fsp3) is 0.103. The largest absolute Gasteiger partial charge is 0.493 e. The van der Waals surface area contributed by atoms with Crippen LogP contribution in [0.25, 0.3) is 0 Å². The first-order valence-electron chi connectivity index (χ1n) is 11.4. The summed E-state index contributed by atoms with van der Waals surface area (Å²) in [5, 5.41) is 5.88. The standard InChI is InChI=1S/C29H25ClN2O4S/c1-35-25-15-14-20(16-26(25)36-2)28(33)31-23-12-7-13-24(18-23)37-27(19-8-4-3-5-9-19)29(34)32-22-11-6-10-21(30)17-22/h3-18,27H,1-2H3,(H,31,33)(H,32,34). The quantitative estimate of drug-likeness (QED) is 0.225. The van der Waals surface area contributed by atoms with Crippen molar-refractivity contribution in [2.24, 2.45) is 0 Å². The van der Waals surface area contributed by atoms with E-state index in [0.717, 1.165) is 10.5 Å². The molecule has 0 saturated carbocycles. The number of halogens is 1. The Kier molecular flexibility index (Phi) is 8.72. The van der Waals surface area contributed by atoms with Crippen LogP contribution in [0.2, 0.25) is 5.02 Å². The zero-order valence-electron chi connectivity index (χ0n) is 20.2. The first-order chi connectivity index (χ1) is 18.0. The maximum atomic E-state index is 13.3. The van der Waals surface area contributed by atoms with Crippen molar-refractivity contribution in [1.82, 2.24) is 0 Å². The second-order valence-electron chi connectivity index (χ2n) is 7.96. The number of carbonyl (C=O) groups is 2. The van der Waals surface area contributed by atoms with E-state index in [-0.39, 0.29) is 11.8 Å². The highest BCUT2D eigenvalue weighted by atomic mass is 35.5. The molecule has 0 radical (unpaired) electrons. The van der Waals surface area contributed by atoms with Crippen LogP contribution in [0.1, 0.15) is 21.2 Å². The number of anilines is 2. The first-order valence-corrected chi connectivity index (χ1v) is 12.6. The Balaban J connectivity index is 1.53. The van der Waals surface area contributed by atoms with Gasteiger partial charge in [0.25, 0.3) is 5.91 Å². The van der Waals surface area contributed by atoms with Gasteiger partial charge in [-0.05, 0) is 60.2 Å². The smallest absolute Gasteiger partial charge is 0.255 e. The van der Waals surface area contributed by atoms with E-state index >= 15 is 0 Å². The van der Waals surface area contributed by atoms with Gasteiger partial charge in [0, 0.05) is 26.9 Å². The Hall–Kier alpha value is -3.94. The lowest BCUT2D eigenvalue weighted by Gasteiger charge is -2.18. The van der Waals surface area contributed by atoms with Gasteiger partial charge in [-0.1, -0.05) is 54.1 Å². The summed E-state index contributed by atoms with van der Waals surface area (Å²) < 4.78 is 10.5. The summed E-state index contributed by atoms with van der Waals surface area (Å²) in [7, 11) is 3.06. The number of thioether (sulfide) groups is 1. The number of rotatable bonds is 9. The van der Waals surface area contributed by atoms with Crippen molar-refractivity contribution in [2.75, 3.05) is 24.9 Å². The van der Waals surface area contributed by atoms with Gasteiger partial charge in [-0.3, -0.25) is 9.59 Å². The third-order valence-corrected chi connectivity index (χ3v) is 6.91. The Morgan fingerprint density at radius 2 is 1.46 bits per heavy atom. The molecule has 4 aromatic rings. The van der Waals surface area contributed by atoms with Crippen LogP contribution in [0.3, 0.4) is 0 Å². The summed E-state index contributed by atoms with van der Waals surface area (Å²) in [6.07, 6.45) is 0. The van der Waals surface area contributed by atoms with E-state index in [1.165, 1.54) is 18.9 Å². The number of hydrogen-bond acceptors (Lipinski definition) is 5. The predicted molar refractivity (Wildman–Crippen MR) is 149 cm³/mol. The highest BCUT2D eigenvalue weighted by Gasteiger charge is 2.22. The molecule has 188 valence electrons. The molecule has 6 nitrogen and oxygen atoms in total. The minimum absolute atomic E-state index is 0.182. The molecular formula is C29H25ClN2O4S. The zero-order valence-corrected chi connectivity index (χ0v) is 21.8. The molecule has 2 N–H and O–H groups in total. The number of amides is 2. The number of methoxy groups -OCH3 is 2. The molecule has 0 saturated heterocycles. The summed E-state index contributed by atoms with van der Waals surface area (Å²) in [4.78, 5) is 27.0. The third-order valence-electron chi connectivity index (χ3n) is 5.42. The normalized spacial score (nSPS) is 11.3. The van der Waals surface area contributed by atoms with Crippen molar-refractivity contribution in [3.8, 4) is 11.5 Å². The van der Waals surface area contributed by atoms with Crippen LogP contribution in [0, 0.1) is 0 Å². The molecule has 1 atom stereocenters. The van der Waals surface area contributed by atoms with E-state index in [0.29, 0.717) is 33.5 Å². The fourth-order valence-electron chi connectivity index (χ4n) is 3.64. The lowest BCUT2D eigenvalue weighted by molar-refractivity contribution is -0.115. The molecule has 8 heteroatoms. The van der Waals surface area contributed by atoms with E-state index in [1.807, 2.05) is 48.5 Å². The fourth-order valence-corrected chi connectivity index (χ4v) is 4.91. The molecule has 2 amide bonds. The van der Waals surface area contributed by atoms with Gasteiger partial charge in [-0.15, -0.1) is 11.8 Å². The Morgan fingerprint density at radius 3 is 2.16 bits per heavy atom. The summed E-state index contributed by atoms with van der Waals surface area (Å²) >= 11 is 7.47. The van der Waals surface area contributed by atoms with Gasteiger partial charge in [0.2, 0.25) is 5.91 Å². The lowest BCUT2D eigenvalue weighted by Crippen LogP contribution is -2.19. The average molecular weight is 533 g/mol. The van der Waals surface area contributed by atoms with Crippen molar-refractivity contribution in [1.29, 1.82) is 0 Å². The van der Waals surface area contributed by atoms with Crippen LogP contribution >= 0.6 is 23.4 Å². The Bertz CT molecular complexity index is 1400. The summed E-state index contributed by atoms with van der Waals surface area (Å²) in [6.45, 7) is 0. The molecule has 0 aliphatic carbocycles. The Morgan fingerprint density at radius 1 is 0.757 bits per heavy atom. The van der Waals surface area contributed by atoms with E-state index in [2.05, 4.69) is 10.6 Å². The minimum atomic E-state index is -0.531. The topological polar surface area (TPSA) is 76.7 Å². The van der Waals surface area contributed by atoms with Gasteiger partial charge in [0.15, 0.2) is 11.5 Å². The number of nitrogens with one attached hydrogen (secondary N) is 2. The summed E-state index contributed by atoms with van der Waals surface area (Å²) in [6, 6.07) is 28.9. The molecule has 4 rings (SSSR count). The molecule has 0 aliphatic heterocycles. The average Bonchev–Trinajstić information content (AvgIpc) is 2.92. The molecule has 0 heterocycles. The third kappa shape index (κ3) is 6.84. The molecule has 0 fully saturated rings. The van der Waals surface area contributed by atoms with Gasteiger partial charge in [-0.2, -0.15) is 0 Å². The van der Waals surface area contributed by atoms with Gasteiger partial charge in [0.05, 0.1) is 14.2 Å². The SMILES string of the molecule is COc1ccc(C(=O)Nc2cccc(SC(C(=O)Nc3cccc(Cl)c3)c3ccccc3)c2)cc1OC. The van der Waals surface area contributed by atoms with Crippen molar-refractivity contribution in [2.45, 2.75) is 10.1 Å². The number of carbonyl (C=O) groups excluding carboxylic acids is 2. The minimum Gasteiger partial charge on any atom is -0.493 e.